The molecule has 5 fully saturated rings. The molecule has 6 rings (SSSR count). The second kappa shape index (κ2) is 10.0. The number of carbonyl (C=O) groups excluding carboxylic acids is 2. The Balaban J connectivity index is 1.42. The predicted molar refractivity (Wildman–Crippen MR) is 179 cm³/mol. The van der Waals surface area contributed by atoms with Crippen molar-refractivity contribution < 1.29 is 14.3 Å². The van der Waals surface area contributed by atoms with E-state index in [1.54, 1.807) is 7.11 Å². The maximum absolute atomic E-state index is 14.1. The van der Waals surface area contributed by atoms with Crippen LogP contribution >= 0.6 is 22.6 Å². The minimum atomic E-state index is -0.372. The molecule has 0 unspecified atom stereocenters. The number of benzene rings is 1. The van der Waals surface area contributed by atoms with Crippen molar-refractivity contribution in [3.63, 3.8) is 0 Å². The molecule has 4 heteroatoms. The number of ketones is 1. The third kappa shape index (κ3) is 4.01. The van der Waals surface area contributed by atoms with Gasteiger partial charge in [-0.2, -0.15) is 0 Å². The molecule has 3 nitrogen and oxygen atoms in total. The largest absolute Gasteiger partial charge is 0.469 e. The quantitative estimate of drug-likeness (QED) is 0.138. The first-order valence-electron chi connectivity index (χ1n) is 16.4. The molecule has 1 aromatic rings. The second-order valence-corrected chi connectivity index (χ2v) is 17.5. The van der Waals surface area contributed by atoms with E-state index < -0.39 is 0 Å². The number of esters is 1. The van der Waals surface area contributed by atoms with Crippen LogP contribution in [0.2, 0.25) is 0 Å². The molecule has 228 valence electrons. The van der Waals surface area contributed by atoms with Gasteiger partial charge in [-0.05, 0) is 162 Å². The number of fused-ring (bicyclic) bond motifs is 7. The van der Waals surface area contributed by atoms with Crippen LogP contribution in [0.4, 0.5) is 0 Å². The maximum atomic E-state index is 14.1. The average molecular weight is 683 g/mol. The molecule has 1 aromatic carbocycles. The van der Waals surface area contributed by atoms with Crippen LogP contribution < -0.4 is 0 Å². The standard InChI is InChI=1S/C38H51IO3/c1-23(2)27-14-17-38(33(41)42-8)19-18-36(6)28(31(27)38)12-13-30-35(5)22-25(20-24-10-9-11-26(39)21-24)32(40)34(3,4)29(35)15-16-37(30,36)7/h9-11,20-21,27-31H,1,12-19,22H2,2-8H3/b25-20+/t27-,28+,29-,30+,31+,35-,36+,37+,38-/m0/s1. The van der Waals surface area contributed by atoms with Crippen molar-refractivity contribution >= 4 is 40.4 Å². The normalized spacial score (nSPS) is 44.9. The Morgan fingerprint density at radius 3 is 2.38 bits per heavy atom. The van der Waals surface area contributed by atoms with E-state index in [2.05, 4.69) is 101 Å². The molecule has 0 bridgehead atoms. The van der Waals surface area contributed by atoms with Gasteiger partial charge in [0.25, 0.3) is 0 Å². The van der Waals surface area contributed by atoms with Crippen LogP contribution in [-0.4, -0.2) is 18.9 Å². The molecule has 0 heterocycles. The topological polar surface area (TPSA) is 43.4 Å². The Morgan fingerprint density at radius 2 is 1.71 bits per heavy atom. The van der Waals surface area contributed by atoms with Gasteiger partial charge < -0.3 is 4.74 Å². The molecular formula is C38H51IO3. The zero-order valence-electron chi connectivity index (χ0n) is 26.9. The van der Waals surface area contributed by atoms with Gasteiger partial charge in [0.05, 0.1) is 12.5 Å². The summed E-state index contributed by atoms with van der Waals surface area (Å²) in [5, 5.41) is 0. The molecule has 0 saturated heterocycles. The molecular weight excluding hydrogens is 631 g/mol. The van der Waals surface area contributed by atoms with E-state index >= 15 is 0 Å². The number of halogens is 1. The van der Waals surface area contributed by atoms with E-state index in [0.717, 1.165) is 56.1 Å². The lowest BCUT2D eigenvalue weighted by molar-refractivity contribution is -0.232. The summed E-state index contributed by atoms with van der Waals surface area (Å²) in [4.78, 5) is 27.6. The van der Waals surface area contributed by atoms with E-state index in [1.165, 1.54) is 22.0 Å². The van der Waals surface area contributed by atoms with Crippen LogP contribution in [0.1, 0.15) is 105 Å². The molecule has 0 amide bonds. The molecule has 5 aliphatic rings. The van der Waals surface area contributed by atoms with Crippen molar-refractivity contribution in [3.05, 3.63) is 51.1 Å². The third-order valence-corrected chi connectivity index (χ3v) is 15.1. The smallest absolute Gasteiger partial charge is 0.312 e. The number of hydrogen-bond acceptors (Lipinski definition) is 3. The van der Waals surface area contributed by atoms with Crippen molar-refractivity contribution in [3.8, 4) is 0 Å². The summed E-state index contributed by atoms with van der Waals surface area (Å²) < 4.78 is 6.75. The summed E-state index contributed by atoms with van der Waals surface area (Å²) in [7, 11) is 1.59. The summed E-state index contributed by atoms with van der Waals surface area (Å²) in [5.74, 6) is 2.53. The summed E-state index contributed by atoms with van der Waals surface area (Å²) in [5.41, 5.74) is 3.05. The fraction of sp³-hybridized carbons (Fsp3) is 0.684. The van der Waals surface area contributed by atoms with Gasteiger partial charge >= 0.3 is 5.97 Å². The van der Waals surface area contributed by atoms with E-state index in [1.807, 2.05) is 0 Å². The first-order chi connectivity index (χ1) is 19.7. The Hall–Kier alpha value is -1.43. The molecule has 0 aromatic heterocycles. The number of methoxy groups -OCH3 is 1. The predicted octanol–water partition coefficient (Wildman–Crippen LogP) is 9.68. The van der Waals surface area contributed by atoms with Gasteiger partial charge in [0.1, 0.15) is 0 Å². The average Bonchev–Trinajstić information content (AvgIpc) is 3.33. The van der Waals surface area contributed by atoms with Gasteiger partial charge in [0.2, 0.25) is 0 Å². The lowest BCUT2D eigenvalue weighted by Crippen LogP contribution is -2.67. The molecule has 9 atom stereocenters. The Kier molecular flexibility index (Phi) is 7.31. The number of rotatable bonds is 3. The molecule has 0 N–H and O–H groups in total. The minimum absolute atomic E-state index is 0.0270. The van der Waals surface area contributed by atoms with Crippen LogP contribution in [0, 0.1) is 60.2 Å². The highest BCUT2D eigenvalue weighted by atomic mass is 127. The summed E-state index contributed by atoms with van der Waals surface area (Å²) in [6.07, 6.45) is 11.7. The lowest BCUT2D eigenvalue weighted by Gasteiger charge is -2.72. The zero-order chi connectivity index (χ0) is 30.5. The fourth-order valence-electron chi connectivity index (χ4n) is 12.5. The van der Waals surface area contributed by atoms with Crippen molar-refractivity contribution in [1.29, 1.82) is 0 Å². The van der Waals surface area contributed by atoms with Gasteiger partial charge in [0.15, 0.2) is 5.78 Å². The van der Waals surface area contributed by atoms with E-state index in [4.69, 9.17) is 4.74 Å². The Bertz CT molecular complexity index is 1360. The third-order valence-electron chi connectivity index (χ3n) is 14.4. The summed E-state index contributed by atoms with van der Waals surface area (Å²) in [6.45, 7) is 18.9. The van der Waals surface area contributed by atoms with Gasteiger partial charge in [0, 0.05) is 8.99 Å². The second-order valence-electron chi connectivity index (χ2n) is 16.3. The van der Waals surface area contributed by atoms with E-state index in [9.17, 15) is 9.59 Å². The number of carbonyl (C=O) groups is 2. The van der Waals surface area contributed by atoms with Crippen molar-refractivity contribution in [2.75, 3.05) is 7.11 Å². The molecule has 5 saturated carbocycles. The minimum Gasteiger partial charge on any atom is -0.469 e. The van der Waals surface area contributed by atoms with Crippen LogP contribution in [0.3, 0.4) is 0 Å². The first kappa shape index (κ1) is 30.6. The van der Waals surface area contributed by atoms with Crippen molar-refractivity contribution in [2.24, 2.45) is 56.7 Å². The van der Waals surface area contributed by atoms with Crippen LogP contribution in [0.15, 0.2) is 42.0 Å². The Labute approximate surface area is 267 Å². The van der Waals surface area contributed by atoms with Crippen molar-refractivity contribution in [2.45, 2.75) is 99.3 Å². The van der Waals surface area contributed by atoms with Gasteiger partial charge in [-0.1, -0.05) is 58.9 Å². The highest BCUT2D eigenvalue weighted by Gasteiger charge is 2.72. The highest BCUT2D eigenvalue weighted by molar-refractivity contribution is 14.1. The number of ether oxygens (including phenoxy) is 1. The zero-order valence-corrected chi connectivity index (χ0v) is 29.1. The van der Waals surface area contributed by atoms with E-state index in [0.29, 0.717) is 35.4 Å². The number of Topliss-reactive ketones (excluding diaryl/α,β-unsaturated/α-hetero) is 1. The van der Waals surface area contributed by atoms with Crippen molar-refractivity contribution in [1.82, 2.24) is 0 Å². The van der Waals surface area contributed by atoms with Gasteiger partial charge in [-0.25, -0.2) is 0 Å². The SMILES string of the molecule is C=C(C)[C@@H]1CC[C@]2(C(=O)OC)CC[C@]3(C)[C@H](CC[C@@H]4[C@@]5(C)C/C(=C\c6cccc(I)c6)C(=O)C(C)(C)[C@@H]5CC[C@]43C)[C@@H]12. The molecule has 0 radical (unpaired) electrons. The van der Waals surface area contributed by atoms with Gasteiger partial charge in [-0.15, -0.1) is 0 Å². The Morgan fingerprint density at radius 1 is 0.976 bits per heavy atom. The van der Waals surface area contributed by atoms with Crippen LogP contribution in [0.5, 0.6) is 0 Å². The monoisotopic (exact) mass is 682 g/mol. The lowest BCUT2D eigenvalue weighted by atomic mass is 9.32. The molecule has 0 spiro atoms. The first-order valence-corrected chi connectivity index (χ1v) is 17.5. The number of hydrogen-bond donors (Lipinski definition) is 0. The highest BCUT2D eigenvalue weighted by Crippen LogP contribution is 2.77. The molecule has 42 heavy (non-hydrogen) atoms. The van der Waals surface area contributed by atoms with Gasteiger partial charge in [-0.3, -0.25) is 9.59 Å². The molecule has 5 aliphatic carbocycles. The number of allylic oxidation sites excluding steroid dienone is 2. The fourth-order valence-corrected chi connectivity index (χ4v) is 13.0. The van der Waals surface area contributed by atoms with E-state index in [-0.39, 0.29) is 33.0 Å². The summed E-state index contributed by atoms with van der Waals surface area (Å²) >= 11 is 2.36. The maximum Gasteiger partial charge on any atom is 0.312 e. The summed E-state index contributed by atoms with van der Waals surface area (Å²) in [6, 6.07) is 8.53. The molecule has 0 aliphatic heterocycles. The van der Waals surface area contributed by atoms with Crippen LogP contribution in [-0.2, 0) is 14.3 Å². The van der Waals surface area contributed by atoms with Crippen LogP contribution in [0.25, 0.3) is 6.08 Å².